The first-order valence-corrected chi connectivity index (χ1v) is 7.94. The third kappa shape index (κ3) is 2.51. The number of nitrogens with one attached hydrogen (secondary N) is 1. The Morgan fingerprint density at radius 2 is 2.27 bits per heavy atom. The first-order valence-electron chi connectivity index (χ1n) is 7.94. The SMILES string of the molecule is Cc1cc(C(=O)N2CCC[C@H]2Cn2cc(C3CC3)nn2)n[nH]1. The van der Waals surface area contributed by atoms with Crippen molar-refractivity contribution in [3.63, 3.8) is 0 Å². The zero-order valence-electron chi connectivity index (χ0n) is 12.7. The minimum Gasteiger partial charge on any atom is -0.332 e. The summed E-state index contributed by atoms with van der Waals surface area (Å²) in [7, 11) is 0. The summed E-state index contributed by atoms with van der Waals surface area (Å²) in [6.45, 7) is 3.41. The number of likely N-dealkylation sites (tertiary alicyclic amines) is 1. The smallest absolute Gasteiger partial charge is 0.274 e. The molecular weight excluding hydrogens is 280 g/mol. The van der Waals surface area contributed by atoms with Crippen molar-refractivity contribution in [1.29, 1.82) is 0 Å². The van der Waals surface area contributed by atoms with Crippen LogP contribution in [0.5, 0.6) is 0 Å². The number of H-pyrrole nitrogens is 1. The summed E-state index contributed by atoms with van der Waals surface area (Å²) in [6.07, 6.45) is 6.53. The van der Waals surface area contributed by atoms with Crippen molar-refractivity contribution in [2.45, 2.75) is 51.1 Å². The molecule has 1 atom stereocenters. The topological polar surface area (TPSA) is 79.7 Å². The van der Waals surface area contributed by atoms with E-state index in [1.807, 2.05) is 22.7 Å². The zero-order valence-corrected chi connectivity index (χ0v) is 12.7. The fourth-order valence-electron chi connectivity index (χ4n) is 3.15. The highest BCUT2D eigenvalue weighted by molar-refractivity contribution is 5.92. The Morgan fingerprint density at radius 1 is 1.41 bits per heavy atom. The van der Waals surface area contributed by atoms with Gasteiger partial charge in [-0.25, -0.2) is 0 Å². The molecule has 3 heterocycles. The van der Waals surface area contributed by atoms with E-state index in [0.717, 1.165) is 37.3 Å². The van der Waals surface area contributed by atoms with Crippen molar-refractivity contribution in [2.24, 2.45) is 0 Å². The summed E-state index contributed by atoms with van der Waals surface area (Å²) in [4.78, 5) is 14.5. The highest BCUT2D eigenvalue weighted by Crippen LogP contribution is 2.38. The first-order chi connectivity index (χ1) is 10.7. The lowest BCUT2D eigenvalue weighted by atomic mass is 10.2. The first kappa shape index (κ1) is 13.5. The lowest BCUT2D eigenvalue weighted by Gasteiger charge is -2.23. The van der Waals surface area contributed by atoms with Gasteiger partial charge in [0, 0.05) is 24.4 Å². The number of nitrogens with zero attached hydrogens (tertiary/aromatic N) is 5. The van der Waals surface area contributed by atoms with Crippen molar-refractivity contribution in [2.75, 3.05) is 6.54 Å². The van der Waals surface area contributed by atoms with Crippen LogP contribution in [0, 0.1) is 6.92 Å². The Hall–Kier alpha value is -2.18. The quantitative estimate of drug-likeness (QED) is 0.927. The lowest BCUT2D eigenvalue weighted by molar-refractivity contribution is 0.0715. The van der Waals surface area contributed by atoms with E-state index in [0.29, 0.717) is 11.6 Å². The molecule has 0 bridgehead atoms. The number of aromatic nitrogens is 5. The monoisotopic (exact) mass is 300 g/mol. The zero-order chi connectivity index (χ0) is 15.1. The molecule has 0 unspecified atom stereocenters. The molecule has 4 rings (SSSR count). The lowest BCUT2D eigenvalue weighted by Crippen LogP contribution is -2.38. The van der Waals surface area contributed by atoms with E-state index in [1.54, 1.807) is 6.07 Å². The van der Waals surface area contributed by atoms with Gasteiger partial charge in [-0.1, -0.05) is 5.21 Å². The van der Waals surface area contributed by atoms with E-state index in [-0.39, 0.29) is 11.9 Å². The van der Waals surface area contributed by atoms with Crippen LogP contribution in [0.15, 0.2) is 12.3 Å². The summed E-state index contributed by atoms with van der Waals surface area (Å²) >= 11 is 0. The van der Waals surface area contributed by atoms with Crippen LogP contribution >= 0.6 is 0 Å². The normalized spacial score (nSPS) is 21.5. The molecule has 22 heavy (non-hydrogen) atoms. The molecule has 1 saturated heterocycles. The number of aryl methyl sites for hydroxylation is 1. The van der Waals surface area contributed by atoms with E-state index in [1.165, 1.54) is 12.8 Å². The van der Waals surface area contributed by atoms with Gasteiger partial charge in [-0.3, -0.25) is 14.6 Å². The van der Waals surface area contributed by atoms with Crippen molar-refractivity contribution < 1.29 is 4.79 Å². The maximum Gasteiger partial charge on any atom is 0.274 e. The summed E-state index contributed by atoms with van der Waals surface area (Å²) in [6, 6.07) is 1.98. The second kappa shape index (κ2) is 5.23. The molecule has 1 saturated carbocycles. The van der Waals surface area contributed by atoms with Crippen LogP contribution in [0.1, 0.15) is 53.5 Å². The van der Waals surface area contributed by atoms with Gasteiger partial charge in [-0.05, 0) is 38.7 Å². The number of carbonyl (C=O) groups is 1. The molecule has 2 aromatic heterocycles. The van der Waals surface area contributed by atoms with Crippen molar-refractivity contribution >= 4 is 5.91 Å². The molecular formula is C15H20N6O. The van der Waals surface area contributed by atoms with Crippen molar-refractivity contribution in [3.05, 3.63) is 29.3 Å². The molecule has 0 spiro atoms. The summed E-state index contributed by atoms with van der Waals surface area (Å²) in [5, 5.41) is 15.4. The number of amides is 1. The molecule has 2 fully saturated rings. The molecule has 2 aromatic rings. The van der Waals surface area contributed by atoms with E-state index in [2.05, 4.69) is 20.5 Å². The van der Waals surface area contributed by atoms with E-state index < -0.39 is 0 Å². The van der Waals surface area contributed by atoms with Gasteiger partial charge in [-0.15, -0.1) is 5.10 Å². The van der Waals surface area contributed by atoms with Gasteiger partial charge >= 0.3 is 0 Å². The second-order valence-electron chi connectivity index (χ2n) is 6.37. The Labute approximate surface area is 128 Å². The highest BCUT2D eigenvalue weighted by Gasteiger charge is 2.32. The third-order valence-electron chi connectivity index (χ3n) is 4.51. The largest absolute Gasteiger partial charge is 0.332 e. The van der Waals surface area contributed by atoms with Gasteiger partial charge in [0.2, 0.25) is 0 Å². The average molecular weight is 300 g/mol. The maximum atomic E-state index is 12.6. The minimum atomic E-state index is 0.00869. The van der Waals surface area contributed by atoms with Crippen LogP contribution in [-0.4, -0.2) is 48.6 Å². The predicted octanol–water partition coefficient (Wildman–Crippen LogP) is 1.49. The van der Waals surface area contributed by atoms with E-state index in [4.69, 9.17) is 0 Å². The summed E-state index contributed by atoms with van der Waals surface area (Å²) in [5.41, 5.74) is 2.50. The van der Waals surface area contributed by atoms with Crippen LogP contribution in [0.4, 0.5) is 0 Å². The summed E-state index contributed by atoms with van der Waals surface area (Å²) in [5.74, 6) is 0.622. The Balaban J connectivity index is 1.46. The fourth-order valence-corrected chi connectivity index (χ4v) is 3.15. The maximum absolute atomic E-state index is 12.6. The molecule has 116 valence electrons. The van der Waals surface area contributed by atoms with Gasteiger partial charge in [-0.2, -0.15) is 5.10 Å². The van der Waals surface area contributed by atoms with Gasteiger partial charge < -0.3 is 4.90 Å². The van der Waals surface area contributed by atoms with E-state index >= 15 is 0 Å². The molecule has 1 aliphatic heterocycles. The molecule has 7 heteroatoms. The summed E-state index contributed by atoms with van der Waals surface area (Å²) < 4.78 is 1.89. The molecule has 1 amide bonds. The third-order valence-corrected chi connectivity index (χ3v) is 4.51. The Morgan fingerprint density at radius 3 is 3.00 bits per heavy atom. The van der Waals surface area contributed by atoms with Gasteiger partial charge in [0.05, 0.1) is 18.3 Å². The number of carbonyl (C=O) groups excluding carboxylic acids is 1. The number of hydrogen-bond acceptors (Lipinski definition) is 4. The van der Waals surface area contributed by atoms with Crippen LogP contribution < -0.4 is 0 Å². The highest BCUT2D eigenvalue weighted by atomic mass is 16.2. The van der Waals surface area contributed by atoms with Gasteiger partial charge in [0.15, 0.2) is 0 Å². The second-order valence-corrected chi connectivity index (χ2v) is 6.37. The van der Waals surface area contributed by atoms with Crippen LogP contribution in [-0.2, 0) is 6.54 Å². The predicted molar refractivity (Wildman–Crippen MR) is 79.4 cm³/mol. The van der Waals surface area contributed by atoms with E-state index in [9.17, 15) is 4.79 Å². The number of aromatic amines is 1. The molecule has 7 nitrogen and oxygen atoms in total. The number of hydrogen-bond donors (Lipinski definition) is 1. The molecule has 0 aromatic carbocycles. The van der Waals surface area contributed by atoms with Crippen LogP contribution in [0.25, 0.3) is 0 Å². The standard InChI is InChI=1S/C15H20N6O/c1-10-7-13(17-16-10)15(22)21-6-2-3-12(21)8-20-9-14(18-19-20)11-4-5-11/h7,9,11-12H,2-6,8H2,1H3,(H,16,17)/t12-/m0/s1. The molecule has 0 radical (unpaired) electrons. The Kier molecular flexibility index (Phi) is 3.20. The van der Waals surface area contributed by atoms with Crippen LogP contribution in [0.3, 0.4) is 0 Å². The fraction of sp³-hybridized carbons (Fsp3) is 0.600. The minimum absolute atomic E-state index is 0.00869. The molecule has 1 aliphatic carbocycles. The number of rotatable bonds is 4. The molecule has 1 N–H and O–H groups in total. The Bertz CT molecular complexity index is 686. The van der Waals surface area contributed by atoms with Gasteiger partial charge in [0.1, 0.15) is 5.69 Å². The van der Waals surface area contributed by atoms with Crippen molar-refractivity contribution in [3.8, 4) is 0 Å². The van der Waals surface area contributed by atoms with Crippen LogP contribution in [0.2, 0.25) is 0 Å². The molecule has 2 aliphatic rings. The average Bonchev–Trinajstić information content (AvgIpc) is 2.90. The van der Waals surface area contributed by atoms with Gasteiger partial charge in [0.25, 0.3) is 5.91 Å². The van der Waals surface area contributed by atoms with Crippen molar-refractivity contribution in [1.82, 2.24) is 30.1 Å².